The van der Waals surface area contributed by atoms with Gasteiger partial charge in [-0.15, -0.1) is 13.2 Å². The number of nitrogens with zero attached hydrogens (tertiary/aromatic N) is 7. The second kappa shape index (κ2) is 9.42. The number of fused-ring (bicyclic) bond motifs is 1. The summed E-state index contributed by atoms with van der Waals surface area (Å²) in [5, 5.41) is 9.28. The summed E-state index contributed by atoms with van der Waals surface area (Å²) in [6, 6.07) is 4.26. The number of carbonyl (C=O) groups is 1. The van der Waals surface area contributed by atoms with Crippen molar-refractivity contribution in [2.75, 3.05) is 18.0 Å². The Bertz CT molecular complexity index is 1360. The van der Waals surface area contributed by atoms with Crippen LogP contribution in [0.3, 0.4) is 0 Å². The van der Waals surface area contributed by atoms with Crippen LogP contribution in [-0.2, 0) is 4.74 Å². The van der Waals surface area contributed by atoms with Crippen LogP contribution in [0.1, 0.15) is 40.2 Å². The van der Waals surface area contributed by atoms with Crippen molar-refractivity contribution in [1.29, 1.82) is 5.26 Å². The van der Waals surface area contributed by atoms with Crippen LogP contribution >= 0.6 is 0 Å². The zero-order valence-electron chi connectivity index (χ0n) is 20.9. The number of halogens is 3. The maximum atomic E-state index is 13.4. The first-order valence-electron chi connectivity index (χ1n) is 11.5. The first kappa shape index (κ1) is 26.0. The van der Waals surface area contributed by atoms with Crippen LogP contribution in [0.25, 0.3) is 16.9 Å². The van der Waals surface area contributed by atoms with Gasteiger partial charge in [0.15, 0.2) is 11.4 Å². The van der Waals surface area contributed by atoms with Gasteiger partial charge in [0.25, 0.3) is 0 Å². The fourth-order valence-electron chi connectivity index (χ4n) is 4.22. The Hall–Kier alpha value is -4.08. The zero-order chi connectivity index (χ0) is 27.1. The molecule has 1 aliphatic heterocycles. The molecule has 0 bridgehead atoms. The molecule has 2 atom stereocenters. The maximum absolute atomic E-state index is 13.4. The number of anilines is 1. The fourth-order valence-corrected chi connectivity index (χ4v) is 4.22. The van der Waals surface area contributed by atoms with Gasteiger partial charge in [0.1, 0.15) is 29.0 Å². The third-order valence-electron chi connectivity index (χ3n) is 5.76. The number of aromatic nitrogens is 4. The molecule has 0 radical (unpaired) electrons. The number of amides is 1. The topological polar surface area (TPSA) is 109 Å². The van der Waals surface area contributed by atoms with Crippen LogP contribution in [0.15, 0.2) is 30.9 Å². The fraction of sp³-hybridized carbons (Fsp3) is 0.458. The van der Waals surface area contributed by atoms with Crippen LogP contribution in [0.4, 0.5) is 23.8 Å². The van der Waals surface area contributed by atoms with Crippen LogP contribution in [0.2, 0.25) is 0 Å². The summed E-state index contributed by atoms with van der Waals surface area (Å²) in [4.78, 5) is 28.9. The van der Waals surface area contributed by atoms with E-state index in [-0.39, 0.29) is 53.4 Å². The number of carbonyl (C=O) groups excluding carboxylic acids is 1. The lowest BCUT2D eigenvalue weighted by atomic mass is 10.1. The number of hydrogen-bond donors (Lipinski definition) is 0. The molecule has 3 aromatic heterocycles. The van der Waals surface area contributed by atoms with E-state index in [4.69, 9.17) is 4.74 Å². The van der Waals surface area contributed by atoms with E-state index in [1.807, 2.05) is 24.8 Å². The number of hydrogen-bond acceptors (Lipinski definition) is 8. The summed E-state index contributed by atoms with van der Waals surface area (Å²) in [6.07, 6.45) is -1.67. The van der Waals surface area contributed by atoms with Crippen molar-refractivity contribution in [3.8, 4) is 17.6 Å². The van der Waals surface area contributed by atoms with Crippen LogP contribution < -0.4 is 9.64 Å². The molecule has 0 aliphatic carbocycles. The first-order chi connectivity index (χ1) is 17.3. The van der Waals surface area contributed by atoms with E-state index < -0.39 is 23.8 Å². The smallest absolute Gasteiger partial charge is 0.444 e. The molecule has 1 aliphatic rings. The van der Waals surface area contributed by atoms with Gasteiger partial charge in [0.2, 0.25) is 0 Å². The standard InChI is InChI=1S/C24H26F3N7O3/c1-14-11-33(22(35)37-23(3,4)5)15(2)10-32(14)20-19-17(36-24(25,26)27)12-34(21(19)31-13-30-20)18-8-16(9-28)6-7-29-18/h6-8,12-15H,10-11H2,1-5H3. The molecule has 13 heteroatoms. The molecular formula is C24H26F3N7O3. The molecular weight excluding hydrogens is 491 g/mol. The molecule has 0 spiro atoms. The molecule has 37 heavy (non-hydrogen) atoms. The van der Waals surface area contributed by atoms with Crippen molar-refractivity contribution in [3.05, 3.63) is 36.4 Å². The van der Waals surface area contributed by atoms with Gasteiger partial charge in [-0.05, 0) is 46.8 Å². The Balaban J connectivity index is 1.78. The number of alkyl halides is 3. The Morgan fingerprint density at radius 1 is 1.14 bits per heavy atom. The second-order valence-corrected chi connectivity index (χ2v) is 9.80. The number of pyridine rings is 1. The lowest BCUT2D eigenvalue weighted by molar-refractivity contribution is -0.274. The Labute approximate surface area is 211 Å². The third-order valence-corrected chi connectivity index (χ3v) is 5.76. The minimum Gasteiger partial charge on any atom is -0.444 e. The van der Waals surface area contributed by atoms with E-state index in [9.17, 15) is 23.2 Å². The average Bonchev–Trinajstić information content (AvgIpc) is 3.16. The number of piperazine rings is 1. The monoisotopic (exact) mass is 517 g/mol. The van der Waals surface area contributed by atoms with E-state index in [2.05, 4.69) is 19.7 Å². The SMILES string of the molecule is CC1CN(c2ncnc3c2c(OC(F)(F)F)cn3-c2cc(C#N)ccn2)C(C)CN1C(=O)OC(C)(C)C. The predicted molar refractivity (Wildman–Crippen MR) is 127 cm³/mol. The number of nitriles is 1. The molecule has 0 aromatic carbocycles. The molecule has 4 rings (SSSR count). The summed E-state index contributed by atoms with van der Waals surface area (Å²) in [5.74, 6) is -0.0822. The van der Waals surface area contributed by atoms with E-state index in [0.717, 1.165) is 6.20 Å². The van der Waals surface area contributed by atoms with E-state index in [0.29, 0.717) is 0 Å². The van der Waals surface area contributed by atoms with Crippen molar-refractivity contribution in [2.45, 2.75) is 58.7 Å². The number of ether oxygens (including phenoxy) is 2. The van der Waals surface area contributed by atoms with Gasteiger partial charge in [-0.25, -0.2) is 19.7 Å². The molecule has 0 saturated carbocycles. The van der Waals surface area contributed by atoms with Crippen LogP contribution in [0.5, 0.6) is 5.75 Å². The van der Waals surface area contributed by atoms with Crippen LogP contribution in [0, 0.1) is 11.3 Å². The predicted octanol–water partition coefficient (Wildman–Crippen LogP) is 4.42. The zero-order valence-corrected chi connectivity index (χ0v) is 20.9. The quantitative estimate of drug-likeness (QED) is 0.502. The van der Waals surface area contributed by atoms with Gasteiger partial charge >= 0.3 is 12.5 Å². The highest BCUT2D eigenvalue weighted by Crippen LogP contribution is 2.39. The Morgan fingerprint density at radius 3 is 2.51 bits per heavy atom. The summed E-state index contributed by atoms with van der Waals surface area (Å²) < 4.78 is 51.4. The van der Waals surface area contributed by atoms with Gasteiger partial charge < -0.3 is 19.3 Å². The van der Waals surface area contributed by atoms with Gasteiger partial charge in [-0.3, -0.25) is 4.57 Å². The van der Waals surface area contributed by atoms with Crippen molar-refractivity contribution >= 4 is 22.9 Å². The Morgan fingerprint density at radius 2 is 1.86 bits per heavy atom. The summed E-state index contributed by atoms with van der Waals surface area (Å²) >= 11 is 0. The molecule has 1 saturated heterocycles. The summed E-state index contributed by atoms with van der Waals surface area (Å²) in [6.45, 7) is 9.56. The first-order valence-corrected chi connectivity index (χ1v) is 11.5. The highest BCUT2D eigenvalue weighted by Gasteiger charge is 2.38. The van der Waals surface area contributed by atoms with Gasteiger partial charge in [-0.1, -0.05) is 0 Å². The normalized spacial score (nSPS) is 18.6. The average molecular weight is 518 g/mol. The largest absolute Gasteiger partial charge is 0.573 e. The van der Waals surface area contributed by atoms with Gasteiger partial charge in [0.05, 0.1) is 17.8 Å². The van der Waals surface area contributed by atoms with Crippen molar-refractivity contribution in [2.24, 2.45) is 0 Å². The van der Waals surface area contributed by atoms with Crippen molar-refractivity contribution in [1.82, 2.24) is 24.4 Å². The minimum absolute atomic E-state index is 0.0359. The molecule has 1 amide bonds. The van der Waals surface area contributed by atoms with E-state index in [1.165, 1.54) is 29.2 Å². The lowest BCUT2D eigenvalue weighted by Crippen LogP contribution is -2.59. The molecule has 2 unspecified atom stereocenters. The van der Waals surface area contributed by atoms with Crippen molar-refractivity contribution in [3.63, 3.8) is 0 Å². The molecule has 10 nitrogen and oxygen atoms in total. The van der Waals surface area contributed by atoms with E-state index >= 15 is 0 Å². The highest BCUT2D eigenvalue weighted by molar-refractivity contribution is 5.95. The van der Waals surface area contributed by atoms with Crippen molar-refractivity contribution < 1.29 is 27.4 Å². The van der Waals surface area contributed by atoms with Crippen LogP contribution in [-0.4, -0.2) is 67.6 Å². The third kappa shape index (κ3) is 5.52. The minimum atomic E-state index is -4.97. The lowest BCUT2D eigenvalue weighted by Gasteiger charge is -2.44. The molecule has 3 aromatic rings. The molecule has 196 valence electrons. The summed E-state index contributed by atoms with van der Waals surface area (Å²) in [5.41, 5.74) is -0.263. The highest BCUT2D eigenvalue weighted by atomic mass is 19.4. The maximum Gasteiger partial charge on any atom is 0.573 e. The van der Waals surface area contributed by atoms with Gasteiger partial charge in [0, 0.05) is 31.4 Å². The molecule has 4 heterocycles. The summed E-state index contributed by atoms with van der Waals surface area (Å²) in [7, 11) is 0. The van der Waals surface area contributed by atoms with Gasteiger partial charge in [-0.2, -0.15) is 5.26 Å². The van der Waals surface area contributed by atoms with E-state index in [1.54, 1.807) is 25.7 Å². The molecule has 0 N–H and O–H groups in total. The Kier molecular flexibility index (Phi) is 6.62. The second-order valence-electron chi connectivity index (χ2n) is 9.80. The molecule has 1 fully saturated rings. The number of rotatable bonds is 3.